The van der Waals surface area contributed by atoms with Crippen LogP contribution < -0.4 is 4.74 Å². The average molecular weight is 351 g/mol. The zero-order valence-electron chi connectivity index (χ0n) is 14.3. The zero-order chi connectivity index (χ0) is 18.5. The van der Waals surface area contributed by atoms with Gasteiger partial charge in [0.15, 0.2) is 5.78 Å². The number of ether oxygens (including phenoxy) is 1. The molecule has 132 valence electrons. The fourth-order valence-electron chi connectivity index (χ4n) is 2.60. The van der Waals surface area contributed by atoms with Gasteiger partial charge >= 0.3 is 5.97 Å². The van der Waals surface area contributed by atoms with Gasteiger partial charge in [-0.2, -0.15) is 0 Å². The van der Waals surface area contributed by atoms with Crippen molar-refractivity contribution >= 4 is 11.8 Å². The van der Waals surface area contributed by atoms with Gasteiger partial charge in [0.1, 0.15) is 11.6 Å². The Balaban J connectivity index is 1.61. The van der Waals surface area contributed by atoms with Gasteiger partial charge < -0.3 is 9.30 Å². The first-order chi connectivity index (χ1) is 12.5. The minimum absolute atomic E-state index is 0.00294. The van der Waals surface area contributed by atoms with E-state index in [0.717, 1.165) is 0 Å². The summed E-state index contributed by atoms with van der Waals surface area (Å²) in [5.41, 5.74) is 0.841. The lowest BCUT2D eigenvalue weighted by atomic mass is 10.0. The molecule has 0 aliphatic rings. The van der Waals surface area contributed by atoms with Crippen molar-refractivity contribution in [3.05, 3.63) is 90.0 Å². The molecule has 5 heteroatoms. The Kier molecular flexibility index (Phi) is 5.27. The second kappa shape index (κ2) is 7.78. The SMILES string of the molecule is CC(CC(=O)Oc1ccc(C(=O)c2ccc(F)cc2)cc1)n1cccc1. The molecule has 0 N–H and O–H groups in total. The molecule has 4 nitrogen and oxygen atoms in total. The highest BCUT2D eigenvalue weighted by Crippen LogP contribution is 2.18. The second-order valence-corrected chi connectivity index (χ2v) is 6.02. The number of halogens is 1. The Morgan fingerprint density at radius 3 is 2.08 bits per heavy atom. The number of aromatic nitrogens is 1. The first kappa shape index (κ1) is 17.6. The van der Waals surface area contributed by atoms with Gasteiger partial charge in [-0.15, -0.1) is 0 Å². The summed E-state index contributed by atoms with van der Waals surface area (Å²) in [4.78, 5) is 24.4. The highest BCUT2D eigenvalue weighted by atomic mass is 19.1. The van der Waals surface area contributed by atoms with Crippen LogP contribution in [-0.4, -0.2) is 16.3 Å². The molecule has 3 rings (SSSR count). The minimum atomic E-state index is -0.391. The Hall–Kier alpha value is -3.21. The van der Waals surface area contributed by atoms with Crippen molar-refractivity contribution < 1.29 is 18.7 Å². The quantitative estimate of drug-likeness (QED) is 0.375. The van der Waals surface area contributed by atoms with Gasteiger partial charge in [0.2, 0.25) is 0 Å². The summed E-state index contributed by atoms with van der Waals surface area (Å²) in [5, 5.41) is 0. The lowest BCUT2D eigenvalue weighted by molar-refractivity contribution is -0.135. The molecule has 0 fully saturated rings. The van der Waals surface area contributed by atoms with Crippen LogP contribution in [0.25, 0.3) is 0 Å². The predicted octanol–water partition coefficient (Wildman–Crippen LogP) is 4.41. The molecule has 0 spiro atoms. The third-order valence-electron chi connectivity index (χ3n) is 4.05. The number of benzene rings is 2. The van der Waals surface area contributed by atoms with Crippen molar-refractivity contribution in [2.24, 2.45) is 0 Å². The summed E-state index contributed by atoms with van der Waals surface area (Å²) < 4.78 is 20.2. The van der Waals surface area contributed by atoms with Gasteiger partial charge in [-0.25, -0.2) is 4.39 Å². The molecule has 3 aromatic rings. The Labute approximate surface area is 150 Å². The van der Waals surface area contributed by atoms with Gasteiger partial charge in [-0.3, -0.25) is 9.59 Å². The number of ketones is 1. The number of esters is 1. The van der Waals surface area contributed by atoms with Crippen molar-refractivity contribution in [3.8, 4) is 5.75 Å². The molecule has 26 heavy (non-hydrogen) atoms. The van der Waals surface area contributed by atoms with E-state index in [4.69, 9.17) is 4.74 Å². The van der Waals surface area contributed by atoms with Gasteiger partial charge in [0.25, 0.3) is 0 Å². The van der Waals surface area contributed by atoms with Crippen molar-refractivity contribution in [1.82, 2.24) is 4.57 Å². The number of hydrogen-bond donors (Lipinski definition) is 0. The van der Waals surface area contributed by atoms with E-state index >= 15 is 0 Å². The number of carbonyl (C=O) groups is 2. The van der Waals surface area contributed by atoms with Crippen LogP contribution in [0.2, 0.25) is 0 Å². The summed E-state index contributed by atoms with van der Waals surface area (Å²) in [7, 11) is 0. The summed E-state index contributed by atoms with van der Waals surface area (Å²) in [6, 6.07) is 15.5. The van der Waals surface area contributed by atoms with Gasteiger partial charge in [0.05, 0.1) is 6.42 Å². The molecule has 0 bridgehead atoms. The fourth-order valence-corrected chi connectivity index (χ4v) is 2.60. The van der Waals surface area contributed by atoms with E-state index in [-0.39, 0.29) is 24.2 Å². The summed E-state index contributed by atoms with van der Waals surface area (Å²) in [5.74, 6) is -0.573. The van der Waals surface area contributed by atoms with Gasteiger partial charge in [-0.05, 0) is 67.6 Å². The van der Waals surface area contributed by atoms with E-state index in [2.05, 4.69) is 0 Å². The Morgan fingerprint density at radius 2 is 1.50 bits per heavy atom. The highest BCUT2D eigenvalue weighted by Gasteiger charge is 2.13. The van der Waals surface area contributed by atoms with Crippen LogP contribution >= 0.6 is 0 Å². The first-order valence-corrected chi connectivity index (χ1v) is 8.26. The number of nitrogens with zero attached hydrogens (tertiary/aromatic N) is 1. The maximum atomic E-state index is 12.9. The van der Waals surface area contributed by atoms with Crippen molar-refractivity contribution in [2.45, 2.75) is 19.4 Å². The minimum Gasteiger partial charge on any atom is -0.426 e. The lowest BCUT2D eigenvalue weighted by Gasteiger charge is -2.13. The monoisotopic (exact) mass is 351 g/mol. The van der Waals surface area contributed by atoms with Crippen LogP contribution in [0.5, 0.6) is 5.75 Å². The second-order valence-electron chi connectivity index (χ2n) is 6.02. The van der Waals surface area contributed by atoms with E-state index < -0.39 is 5.82 Å². The normalized spacial score (nSPS) is 11.8. The molecule has 0 aliphatic heterocycles. The van der Waals surface area contributed by atoms with Crippen molar-refractivity contribution in [2.75, 3.05) is 0 Å². The summed E-state index contributed by atoms with van der Waals surface area (Å²) in [6.07, 6.45) is 4.03. The van der Waals surface area contributed by atoms with E-state index in [9.17, 15) is 14.0 Å². The standard InChI is InChI=1S/C21H18FNO3/c1-15(23-12-2-3-13-23)14-20(24)26-19-10-6-17(7-11-19)21(25)16-4-8-18(22)9-5-16/h2-13,15H,14H2,1H3. The molecular formula is C21H18FNO3. The topological polar surface area (TPSA) is 48.3 Å². The van der Waals surface area contributed by atoms with Crippen LogP contribution in [0, 0.1) is 5.82 Å². The molecule has 0 saturated heterocycles. The van der Waals surface area contributed by atoms with Crippen molar-refractivity contribution in [1.29, 1.82) is 0 Å². The van der Waals surface area contributed by atoms with E-state index in [0.29, 0.717) is 16.9 Å². The molecule has 1 heterocycles. The van der Waals surface area contributed by atoms with Crippen molar-refractivity contribution in [3.63, 3.8) is 0 Å². The molecule has 0 radical (unpaired) electrons. The summed E-state index contributed by atoms with van der Waals surface area (Å²) >= 11 is 0. The number of rotatable bonds is 6. The average Bonchev–Trinajstić information content (AvgIpc) is 3.17. The van der Waals surface area contributed by atoms with Crippen LogP contribution in [0.15, 0.2) is 73.1 Å². The van der Waals surface area contributed by atoms with E-state index in [1.807, 2.05) is 36.0 Å². The molecule has 1 aromatic heterocycles. The predicted molar refractivity (Wildman–Crippen MR) is 95.7 cm³/mol. The maximum absolute atomic E-state index is 12.9. The smallest absolute Gasteiger partial charge is 0.313 e. The van der Waals surface area contributed by atoms with E-state index in [1.165, 1.54) is 24.3 Å². The Bertz CT molecular complexity index is 884. The van der Waals surface area contributed by atoms with Gasteiger partial charge in [0, 0.05) is 29.6 Å². The maximum Gasteiger partial charge on any atom is 0.313 e. The van der Waals surface area contributed by atoms with Crippen LogP contribution in [-0.2, 0) is 4.79 Å². The highest BCUT2D eigenvalue weighted by molar-refractivity contribution is 6.09. The third kappa shape index (κ3) is 4.25. The zero-order valence-corrected chi connectivity index (χ0v) is 14.3. The van der Waals surface area contributed by atoms with Crippen LogP contribution in [0.4, 0.5) is 4.39 Å². The molecule has 2 aromatic carbocycles. The lowest BCUT2D eigenvalue weighted by Crippen LogP contribution is -2.14. The molecule has 1 atom stereocenters. The number of carbonyl (C=O) groups excluding carboxylic acids is 2. The van der Waals surface area contributed by atoms with E-state index in [1.54, 1.807) is 24.3 Å². The largest absolute Gasteiger partial charge is 0.426 e. The molecular weight excluding hydrogens is 333 g/mol. The Morgan fingerprint density at radius 1 is 0.962 bits per heavy atom. The number of hydrogen-bond acceptors (Lipinski definition) is 3. The first-order valence-electron chi connectivity index (χ1n) is 8.26. The third-order valence-corrected chi connectivity index (χ3v) is 4.05. The molecule has 1 unspecified atom stereocenters. The molecule has 0 saturated carbocycles. The summed E-state index contributed by atoms with van der Waals surface area (Å²) in [6.45, 7) is 1.94. The molecule has 0 amide bonds. The van der Waals surface area contributed by atoms with Crippen LogP contribution in [0.3, 0.4) is 0 Å². The molecule has 0 aliphatic carbocycles. The van der Waals surface area contributed by atoms with Crippen LogP contribution in [0.1, 0.15) is 35.3 Å². The van der Waals surface area contributed by atoms with Gasteiger partial charge in [-0.1, -0.05) is 0 Å². The fraction of sp³-hybridized carbons (Fsp3) is 0.143.